The van der Waals surface area contributed by atoms with E-state index in [1.165, 1.54) is 31.4 Å². The summed E-state index contributed by atoms with van der Waals surface area (Å²) >= 11 is 0. The van der Waals surface area contributed by atoms with Gasteiger partial charge in [0.25, 0.3) is 0 Å². The Morgan fingerprint density at radius 3 is 2.86 bits per heavy atom. The Morgan fingerprint density at radius 1 is 1.29 bits per heavy atom. The Kier molecular flexibility index (Phi) is 1.82. The van der Waals surface area contributed by atoms with Crippen LogP contribution >= 0.6 is 0 Å². The van der Waals surface area contributed by atoms with Crippen molar-refractivity contribution in [3.63, 3.8) is 0 Å². The van der Waals surface area contributed by atoms with Gasteiger partial charge in [-0.2, -0.15) is 0 Å². The van der Waals surface area contributed by atoms with E-state index >= 15 is 0 Å². The van der Waals surface area contributed by atoms with Gasteiger partial charge in [-0.25, -0.2) is 9.97 Å². The second-order valence-corrected chi connectivity index (χ2v) is 4.81. The molecular formula is C12H16N2. The van der Waals surface area contributed by atoms with Gasteiger partial charge in [0.1, 0.15) is 5.82 Å². The van der Waals surface area contributed by atoms with Crippen molar-refractivity contribution in [2.45, 2.75) is 38.5 Å². The van der Waals surface area contributed by atoms with Crippen molar-refractivity contribution < 1.29 is 0 Å². The number of aromatic nitrogens is 2. The lowest BCUT2D eigenvalue weighted by molar-refractivity contribution is 0.412. The number of nitrogens with zero attached hydrogens (tertiary/aromatic N) is 2. The minimum absolute atomic E-state index is 0.746. The van der Waals surface area contributed by atoms with Crippen LogP contribution in [0.25, 0.3) is 0 Å². The second-order valence-electron chi connectivity index (χ2n) is 4.81. The van der Waals surface area contributed by atoms with Gasteiger partial charge in [-0.05, 0) is 44.1 Å². The van der Waals surface area contributed by atoms with Gasteiger partial charge in [-0.1, -0.05) is 6.42 Å². The first-order valence-corrected chi connectivity index (χ1v) is 5.62. The van der Waals surface area contributed by atoms with Crippen molar-refractivity contribution in [1.82, 2.24) is 9.97 Å². The molecule has 0 spiro atoms. The van der Waals surface area contributed by atoms with Crippen LogP contribution in [0.15, 0.2) is 12.3 Å². The van der Waals surface area contributed by atoms with Crippen molar-refractivity contribution in [3.8, 4) is 0 Å². The van der Waals surface area contributed by atoms with Crippen LogP contribution in [-0.4, -0.2) is 9.97 Å². The third kappa shape index (κ3) is 1.24. The molecule has 0 aliphatic heterocycles. The zero-order chi connectivity index (χ0) is 9.54. The molecule has 74 valence electrons. The van der Waals surface area contributed by atoms with Crippen LogP contribution in [0.2, 0.25) is 0 Å². The van der Waals surface area contributed by atoms with E-state index in [0.717, 1.165) is 23.6 Å². The average Bonchev–Trinajstić information content (AvgIpc) is 2.78. The maximum atomic E-state index is 4.56. The minimum atomic E-state index is 0.746. The van der Waals surface area contributed by atoms with Crippen LogP contribution in [-0.2, 0) is 0 Å². The molecule has 1 aromatic heterocycles. The topological polar surface area (TPSA) is 25.8 Å². The Morgan fingerprint density at radius 2 is 2.21 bits per heavy atom. The average molecular weight is 188 g/mol. The normalized spacial score (nSPS) is 35.1. The number of rotatable bonds is 1. The number of fused-ring (bicyclic) bond motifs is 2. The van der Waals surface area contributed by atoms with Crippen molar-refractivity contribution in [3.05, 3.63) is 23.8 Å². The first-order valence-electron chi connectivity index (χ1n) is 5.62. The smallest absolute Gasteiger partial charge is 0.125 e. The monoisotopic (exact) mass is 188 g/mol. The van der Waals surface area contributed by atoms with Crippen molar-refractivity contribution in [1.29, 1.82) is 0 Å². The third-order valence-electron chi connectivity index (χ3n) is 3.92. The van der Waals surface area contributed by atoms with E-state index in [2.05, 4.69) is 16.0 Å². The summed E-state index contributed by atoms with van der Waals surface area (Å²) in [5.41, 5.74) is 1.30. The molecule has 3 unspecified atom stereocenters. The molecule has 0 radical (unpaired) electrons. The van der Waals surface area contributed by atoms with Gasteiger partial charge < -0.3 is 0 Å². The summed E-state index contributed by atoms with van der Waals surface area (Å²) in [5.74, 6) is 3.59. The molecule has 2 heteroatoms. The van der Waals surface area contributed by atoms with Crippen molar-refractivity contribution in [2.75, 3.05) is 0 Å². The quantitative estimate of drug-likeness (QED) is 0.677. The van der Waals surface area contributed by atoms with E-state index in [-0.39, 0.29) is 0 Å². The first kappa shape index (κ1) is 8.39. The molecule has 2 saturated carbocycles. The molecule has 0 amide bonds. The fraction of sp³-hybridized carbons (Fsp3) is 0.667. The van der Waals surface area contributed by atoms with E-state index in [4.69, 9.17) is 0 Å². The maximum absolute atomic E-state index is 4.56. The molecule has 2 bridgehead atoms. The molecule has 0 saturated heterocycles. The Bertz CT molecular complexity index is 348. The molecular weight excluding hydrogens is 172 g/mol. The molecule has 2 aliphatic rings. The lowest BCUT2D eigenvalue weighted by atomic mass is 9.86. The number of hydrogen-bond acceptors (Lipinski definition) is 2. The van der Waals surface area contributed by atoms with Crippen LogP contribution in [0.1, 0.15) is 43.1 Å². The molecule has 2 nitrogen and oxygen atoms in total. The largest absolute Gasteiger partial charge is 0.242 e. The maximum Gasteiger partial charge on any atom is 0.125 e. The summed E-state index contributed by atoms with van der Waals surface area (Å²) in [7, 11) is 0. The van der Waals surface area contributed by atoms with E-state index < -0.39 is 0 Å². The van der Waals surface area contributed by atoms with Gasteiger partial charge in [-0.15, -0.1) is 0 Å². The fourth-order valence-corrected chi connectivity index (χ4v) is 3.29. The Balaban J connectivity index is 1.89. The van der Waals surface area contributed by atoms with Gasteiger partial charge >= 0.3 is 0 Å². The summed E-state index contributed by atoms with van der Waals surface area (Å²) in [6, 6.07) is 2.11. The molecule has 0 aromatic carbocycles. The van der Waals surface area contributed by atoms with E-state index in [1.807, 2.05) is 13.1 Å². The van der Waals surface area contributed by atoms with Crippen LogP contribution in [0.3, 0.4) is 0 Å². The van der Waals surface area contributed by atoms with Crippen LogP contribution in [0, 0.1) is 18.8 Å². The van der Waals surface area contributed by atoms with Gasteiger partial charge in [0, 0.05) is 17.8 Å². The molecule has 1 aromatic rings. The fourth-order valence-electron chi connectivity index (χ4n) is 3.29. The molecule has 2 aliphatic carbocycles. The molecule has 0 N–H and O–H groups in total. The van der Waals surface area contributed by atoms with Crippen LogP contribution in [0.4, 0.5) is 0 Å². The van der Waals surface area contributed by atoms with Crippen molar-refractivity contribution in [2.24, 2.45) is 11.8 Å². The number of hydrogen-bond donors (Lipinski definition) is 0. The SMILES string of the molecule is Cc1nccc(C2CC3CCC2C3)n1. The molecule has 3 atom stereocenters. The van der Waals surface area contributed by atoms with E-state index in [1.54, 1.807) is 0 Å². The molecule has 3 rings (SSSR count). The van der Waals surface area contributed by atoms with Gasteiger partial charge in [-0.3, -0.25) is 0 Å². The van der Waals surface area contributed by atoms with Crippen molar-refractivity contribution >= 4 is 0 Å². The Labute approximate surface area is 84.8 Å². The zero-order valence-electron chi connectivity index (χ0n) is 8.61. The van der Waals surface area contributed by atoms with Crippen LogP contribution in [0.5, 0.6) is 0 Å². The summed E-state index contributed by atoms with van der Waals surface area (Å²) in [5, 5.41) is 0. The number of aryl methyl sites for hydroxylation is 1. The van der Waals surface area contributed by atoms with E-state index in [9.17, 15) is 0 Å². The highest BCUT2D eigenvalue weighted by molar-refractivity contribution is 5.14. The highest BCUT2D eigenvalue weighted by Crippen LogP contribution is 2.52. The summed E-state index contributed by atoms with van der Waals surface area (Å²) in [6.07, 6.45) is 7.63. The van der Waals surface area contributed by atoms with Crippen LogP contribution < -0.4 is 0 Å². The summed E-state index contributed by atoms with van der Waals surface area (Å²) < 4.78 is 0. The zero-order valence-corrected chi connectivity index (χ0v) is 8.61. The van der Waals surface area contributed by atoms with Gasteiger partial charge in [0.2, 0.25) is 0 Å². The Hall–Kier alpha value is -0.920. The third-order valence-corrected chi connectivity index (χ3v) is 3.92. The second kappa shape index (κ2) is 3.04. The first-order chi connectivity index (χ1) is 6.83. The predicted molar refractivity (Wildman–Crippen MR) is 55.0 cm³/mol. The summed E-state index contributed by atoms with van der Waals surface area (Å²) in [6.45, 7) is 1.98. The molecule has 2 fully saturated rings. The highest BCUT2D eigenvalue weighted by atomic mass is 14.9. The lowest BCUT2D eigenvalue weighted by Crippen LogP contribution is -2.10. The summed E-state index contributed by atoms with van der Waals surface area (Å²) in [4.78, 5) is 8.73. The lowest BCUT2D eigenvalue weighted by Gasteiger charge is -2.20. The van der Waals surface area contributed by atoms with Gasteiger partial charge in [0.05, 0.1) is 0 Å². The highest BCUT2D eigenvalue weighted by Gasteiger charge is 2.40. The standard InChI is InChI=1S/C12H16N2/c1-8-13-5-4-12(14-8)11-7-9-2-3-10(11)6-9/h4-5,9-11H,2-3,6-7H2,1H3. The minimum Gasteiger partial charge on any atom is -0.242 e. The van der Waals surface area contributed by atoms with Gasteiger partial charge in [0.15, 0.2) is 0 Å². The molecule has 14 heavy (non-hydrogen) atoms. The van der Waals surface area contributed by atoms with E-state index in [0.29, 0.717) is 0 Å². The predicted octanol–water partition coefficient (Wildman–Crippen LogP) is 2.69. The molecule has 1 heterocycles.